The quantitative estimate of drug-likeness (QED) is 0.695. The van der Waals surface area contributed by atoms with Crippen molar-refractivity contribution in [1.82, 2.24) is 9.78 Å². The van der Waals surface area contributed by atoms with E-state index in [2.05, 4.69) is 26.3 Å². The number of hydrogen-bond donors (Lipinski definition) is 1. The molecule has 1 N–H and O–H groups in total. The van der Waals surface area contributed by atoms with Gasteiger partial charge in [0.05, 0.1) is 23.5 Å². The monoisotopic (exact) mass is 415 g/mol. The summed E-state index contributed by atoms with van der Waals surface area (Å²) in [6.07, 6.45) is 2.09. The summed E-state index contributed by atoms with van der Waals surface area (Å²) >= 11 is 3.50. The number of amides is 1. The minimum atomic E-state index is -0.320. The number of fused-ring (bicyclic) bond motifs is 1. The van der Waals surface area contributed by atoms with Gasteiger partial charge in [0.25, 0.3) is 0 Å². The average Bonchev–Trinajstić information content (AvgIpc) is 3.05. The van der Waals surface area contributed by atoms with Gasteiger partial charge >= 0.3 is 0 Å². The third-order valence-electron chi connectivity index (χ3n) is 4.47. The molecule has 132 valence electrons. The topological polar surface area (TPSA) is 56.1 Å². The molecule has 7 heteroatoms. The molecular formula is C19H15BrFN3O2. The van der Waals surface area contributed by atoms with Crippen LogP contribution in [0.3, 0.4) is 0 Å². The lowest BCUT2D eigenvalue weighted by Gasteiger charge is -2.24. The van der Waals surface area contributed by atoms with Gasteiger partial charge in [-0.25, -0.2) is 9.07 Å². The summed E-state index contributed by atoms with van der Waals surface area (Å²) in [5.41, 5.74) is 2.60. The van der Waals surface area contributed by atoms with E-state index in [1.807, 2.05) is 18.2 Å². The highest BCUT2D eigenvalue weighted by atomic mass is 79.9. The SMILES string of the molecule is COc1ccc(C2CC(=O)Nc3c2cnn3-c2ccc(F)cc2)cc1Br. The predicted octanol–water partition coefficient (Wildman–Crippen LogP) is 4.26. The number of rotatable bonds is 3. The number of hydrogen-bond acceptors (Lipinski definition) is 3. The van der Waals surface area contributed by atoms with Crippen LogP contribution in [0.15, 0.2) is 53.1 Å². The number of benzene rings is 2. The Kier molecular flexibility index (Phi) is 4.24. The van der Waals surface area contributed by atoms with E-state index in [0.717, 1.165) is 21.3 Å². The maximum absolute atomic E-state index is 13.2. The zero-order valence-corrected chi connectivity index (χ0v) is 15.5. The molecule has 1 amide bonds. The van der Waals surface area contributed by atoms with Crippen LogP contribution in [0, 0.1) is 5.82 Å². The minimum absolute atomic E-state index is 0.0849. The lowest BCUT2D eigenvalue weighted by atomic mass is 9.87. The van der Waals surface area contributed by atoms with E-state index in [1.54, 1.807) is 30.1 Å². The maximum atomic E-state index is 13.2. The molecular weight excluding hydrogens is 401 g/mol. The van der Waals surface area contributed by atoms with Crippen LogP contribution in [-0.2, 0) is 4.79 Å². The third kappa shape index (κ3) is 2.88. The molecule has 1 atom stereocenters. The average molecular weight is 416 g/mol. The molecule has 1 unspecified atom stereocenters. The summed E-state index contributed by atoms with van der Waals surface area (Å²) in [6.45, 7) is 0. The summed E-state index contributed by atoms with van der Waals surface area (Å²) < 4.78 is 20.9. The van der Waals surface area contributed by atoms with Crippen molar-refractivity contribution in [1.29, 1.82) is 0 Å². The second-order valence-corrected chi connectivity index (χ2v) is 6.89. The van der Waals surface area contributed by atoms with Crippen LogP contribution < -0.4 is 10.1 Å². The number of aromatic nitrogens is 2. The van der Waals surface area contributed by atoms with Gasteiger partial charge in [0, 0.05) is 17.9 Å². The number of halogens is 2. The standard InChI is InChI=1S/C19H15BrFN3O2/c1-26-17-7-2-11(8-16(17)20)14-9-18(25)23-19-15(14)10-22-24(19)13-5-3-12(21)4-6-13/h2-8,10,14H,9H2,1H3,(H,23,25). The summed E-state index contributed by atoms with van der Waals surface area (Å²) in [4.78, 5) is 12.3. The van der Waals surface area contributed by atoms with Gasteiger partial charge in [-0.15, -0.1) is 0 Å². The molecule has 0 aliphatic carbocycles. The number of carbonyl (C=O) groups is 1. The van der Waals surface area contributed by atoms with Crippen molar-refractivity contribution in [2.45, 2.75) is 12.3 Å². The smallest absolute Gasteiger partial charge is 0.226 e. The molecule has 26 heavy (non-hydrogen) atoms. The Bertz CT molecular complexity index is 985. The van der Waals surface area contributed by atoms with Crippen LogP contribution in [0.25, 0.3) is 5.69 Å². The number of nitrogens with one attached hydrogen (secondary N) is 1. The van der Waals surface area contributed by atoms with Gasteiger partial charge < -0.3 is 10.1 Å². The minimum Gasteiger partial charge on any atom is -0.496 e. The van der Waals surface area contributed by atoms with Crippen LogP contribution in [0.2, 0.25) is 0 Å². The largest absolute Gasteiger partial charge is 0.496 e. The molecule has 1 aliphatic rings. The molecule has 2 heterocycles. The lowest BCUT2D eigenvalue weighted by Crippen LogP contribution is -2.24. The lowest BCUT2D eigenvalue weighted by molar-refractivity contribution is -0.116. The molecule has 0 spiro atoms. The fourth-order valence-electron chi connectivity index (χ4n) is 3.19. The Morgan fingerprint density at radius 1 is 1.27 bits per heavy atom. The fraction of sp³-hybridized carbons (Fsp3) is 0.158. The fourth-order valence-corrected chi connectivity index (χ4v) is 3.75. The molecule has 0 fully saturated rings. The third-order valence-corrected chi connectivity index (χ3v) is 5.09. The Hall–Kier alpha value is -2.67. The molecule has 0 radical (unpaired) electrons. The van der Waals surface area contributed by atoms with Crippen molar-refractivity contribution in [2.75, 3.05) is 12.4 Å². The molecule has 0 bridgehead atoms. The molecule has 2 aromatic carbocycles. The zero-order chi connectivity index (χ0) is 18.3. The van der Waals surface area contributed by atoms with Crippen molar-refractivity contribution in [2.24, 2.45) is 0 Å². The van der Waals surface area contributed by atoms with E-state index in [-0.39, 0.29) is 17.6 Å². The predicted molar refractivity (Wildman–Crippen MR) is 99.3 cm³/mol. The van der Waals surface area contributed by atoms with Gasteiger partial charge in [0.15, 0.2) is 0 Å². The Balaban J connectivity index is 1.78. The molecule has 5 nitrogen and oxygen atoms in total. The highest BCUT2D eigenvalue weighted by Crippen LogP contribution is 2.40. The second-order valence-electron chi connectivity index (χ2n) is 6.04. The number of anilines is 1. The van der Waals surface area contributed by atoms with Crippen LogP contribution in [0.1, 0.15) is 23.5 Å². The number of nitrogens with zero attached hydrogens (tertiary/aromatic N) is 2. The number of methoxy groups -OCH3 is 1. The van der Waals surface area contributed by atoms with Gasteiger partial charge in [-0.3, -0.25) is 4.79 Å². The van der Waals surface area contributed by atoms with Crippen LogP contribution in [0.4, 0.5) is 10.2 Å². The Morgan fingerprint density at radius 3 is 2.73 bits per heavy atom. The van der Waals surface area contributed by atoms with Crippen LogP contribution in [0.5, 0.6) is 5.75 Å². The summed E-state index contributed by atoms with van der Waals surface area (Å²) in [5.74, 6) is 0.828. The number of carbonyl (C=O) groups excluding carboxylic acids is 1. The molecule has 0 saturated carbocycles. The van der Waals surface area contributed by atoms with Gasteiger partial charge in [0.1, 0.15) is 17.4 Å². The highest BCUT2D eigenvalue weighted by Gasteiger charge is 2.30. The summed E-state index contributed by atoms with van der Waals surface area (Å²) in [6, 6.07) is 11.8. The van der Waals surface area contributed by atoms with Crippen molar-refractivity contribution >= 4 is 27.7 Å². The van der Waals surface area contributed by atoms with Crippen molar-refractivity contribution in [3.8, 4) is 11.4 Å². The first-order valence-corrected chi connectivity index (χ1v) is 8.83. The van der Waals surface area contributed by atoms with E-state index in [4.69, 9.17) is 4.74 Å². The molecule has 1 aromatic heterocycles. The first-order valence-electron chi connectivity index (χ1n) is 8.04. The Labute approximate surface area is 157 Å². The summed E-state index contributed by atoms with van der Waals surface area (Å²) in [7, 11) is 1.61. The molecule has 0 saturated heterocycles. The molecule has 1 aliphatic heterocycles. The van der Waals surface area contributed by atoms with Crippen molar-refractivity contribution < 1.29 is 13.9 Å². The van der Waals surface area contributed by atoms with Gasteiger partial charge in [0.2, 0.25) is 5.91 Å². The number of ether oxygens (including phenoxy) is 1. The van der Waals surface area contributed by atoms with E-state index in [1.165, 1.54) is 12.1 Å². The normalized spacial score (nSPS) is 16.1. The molecule has 4 rings (SSSR count). The first-order chi connectivity index (χ1) is 12.6. The maximum Gasteiger partial charge on any atom is 0.226 e. The van der Waals surface area contributed by atoms with E-state index in [9.17, 15) is 9.18 Å². The van der Waals surface area contributed by atoms with Crippen molar-refractivity contribution in [3.63, 3.8) is 0 Å². The van der Waals surface area contributed by atoms with Crippen LogP contribution in [-0.4, -0.2) is 22.8 Å². The van der Waals surface area contributed by atoms with E-state index < -0.39 is 0 Å². The van der Waals surface area contributed by atoms with Crippen LogP contribution >= 0.6 is 15.9 Å². The van der Waals surface area contributed by atoms with Gasteiger partial charge in [-0.05, 0) is 57.9 Å². The zero-order valence-electron chi connectivity index (χ0n) is 13.9. The van der Waals surface area contributed by atoms with E-state index in [0.29, 0.717) is 17.9 Å². The second kappa shape index (κ2) is 6.57. The summed E-state index contributed by atoms with van der Waals surface area (Å²) in [5, 5.41) is 7.30. The Morgan fingerprint density at radius 2 is 2.04 bits per heavy atom. The van der Waals surface area contributed by atoms with Gasteiger partial charge in [-0.2, -0.15) is 5.10 Å². The molecule has 3 aromatic rings. The van der Waals surface area contributed by atoms with Crippen molar-refractivity contribution in [3.05, 3.63) is 70.1 Å². The first kappa shape index (κ1) is 16.8. The highest BCUT2D eigenvalue weighted by molar-refractivity contribution is 9.10. The van der Waals surface area contributed by atoms with E-state index >= 15 is 0 Å². The van der Waals surface area contributed by atoms with Gasteiger partial charge in [-0.1, -0.05) is 6.07 Å².